The standard InChI is InChI=1S/C17H15ClN4OS/c18-13-7-9-14(10-8-13)19-16(23)20-17-22-21-15(24-17)11-6-12-4-2-1-3-5-12/h1-5,7-10H,6,11H2,(H2,19,20,22,23). The first-order valence-electron chi connectivity index (χ1n) is 7.39. The molecule has 0 atom stereocenters. The molecule has 1 aromatic heterocycles. The number of amides is 2. The van der Waals surface area contributed by atoms with Gasteiger partial charge < -0.3 is 5.32 Å². The van der Waals surface area contributed by atoms with Crippen molar-refractivity contribution >= 4 is 39.8 Å². The van der Waals surface area contributed by atoms with E-state index in [1.165, 1.54) is 16.9 Å². The minimum atomic E-state index is -0.358. The van der Waals surface area contributed by atoms with Crippen LogP contribution in [0.25, 0.3) is 0 Å². The van der Waals surface area contributed by atoms with Gasteiger partial charge in [-0.3, -0.25) is 5.32 Å². The smallest absolute Gasteiger partial charge is 0.308 e. The Morgan fingerprint density at radius 3 is 2.46 bits per heavy atom. The van der Waals surface area contributed by atoms with Gasteiger partial charge in [0.05, 0.1) is 0 Å². The quantitative estimate of drug-likeness (QED) is 0.699. The van der Waals surface area contributed by atoms with Gasteiger partial charge in [-0.1, -0.05) is 53.3 Å². The van der Waals surface area contributed by atoms with Gasteiger partial charge in [-0.05, 0) is 36.2 Å². The van der Waals surface area contributed by atoms with Crippen LogP contribution in [0.3, 0.4) is 0 Å². The summed E-state index contributed by atoms with van der Waals surface area (Å²) in [6.45, 7) is 0. The van der Waals surface area contributed by atoms with Crippen molar-refractivity contribution in [3.63, 3.8) is 0 Å². The molecule has 2 N–H and O–H groups in total. The third-order valence-corrected chi connectivity index (χ3v) is 4.41. The molecule has 0 saturated heterocycles. The summed E-state index contributed by atoms with van der Waals surface area (Å²) in [7, 11) is 0. The van der Waals surface area contributed by atoms with Gasteiger partial charge in [0, 0.05) is 17.1 Å². The average Bonchev–Trinajstić information content (AvgIpc) is 3.03. The summed E-state index contributed by atoms with van der Waals surface area (Å²) in [6.07, 6.45) is 1.69. The number of nitrogens with one attached hydrogen (secondary N) is 2. The topological polar surface area (TPSA) is 66.9 Å². The van der Waals surface area contributed by atoms with E-state index in [1.54, 1.807) is 24.3 Å². The number of urea groups is 1. The lowest BCUT2D eigenvalue weighted by molar-refractivity contribution is 0.262. The van der Waals surface area contributed by atoms with Crippen molar-refractivity contribution < 1.29 is 4.79 Å². The van der Waals surface area contributed by atoms with Gasteiger partial charge in [0.2, 0.25) is 5.13 Å². The maximum atomic E-state index is 11.9. The number of hydrogen-bond donors (Lipinski definition) is 2. The van der Waals surface area contributed by atoms with Crippen molar-refractivity contribution in [1.82, 2.24) is 10.2 Å². The zero-order chi connectivity index (χ0) is 16.8. The lowest BCUT2D eigenvalue weighted by Gasteiger charge is -2.04. The summed E-state index contributed by atoms with van der Waals surface area (Å²) in [6, 6.07) is 16.7. The summed E-state index contributed by atoms with van der Waals surface area (Å²) in [5.41, 5.74) is 1.91. The summed E-state index contributed by atoms with van der Waals surface area (Å²) in [5, 5.41) is 15.5. The van der Waals surface area contributed by atoms with Crippen LogP contribution < -0.4 is 10.6 Å². The number of aryl methyl sites for hydroxylation is 2. The third kappa shape index (κ3) is 4.78. The highest BCUT2D eigenvalue weighted by atomic mass is 35.5. The largest absolute Gasteiger partial charge is 0.325 e. The fourth-order valence-electron chi connectivity index (χ4n) is 2.09. The molecule has 2 aromatic carbocycles. The number of aromatic nitrogens is 2. The molecule has 122 valence electrons. The van der Waals surface area contributed by atoms with Crippen LogP contribution in [0.2, 0.25) is 5.02 Å². The van der Waals surface area contributed by atoms with Crippen LogP contribution in [0.1, 0.15) is 10.6 Å². The second kappa shape index (κ2) is 7.90. The lowest BCUT2D eigenvalue weighted by Crippen LogP contribution is -2.19. The first-order valence-corrected chi connectivity index (χ1v) is 8.58. The first-order chi connectivity index (χ1) is 11.7. The monoisotopic (exact) mass is 358 g/mol. The number of hydrogen-bond acceptors (Lipinski definition) is 4. The van der Waals surface area contributed by atoms with Crippen LogP contribution in [0, 0.1) is 0 Å². The molecule has 3 rings (SSSR count). The molecule has 0 spiro atoms. The van der Waals surface area contributed by atoms with E-state index < -0.39 is 0 Å². The Labute approximate surface area is 148 Å². The Bertz CT molecular complexity index is 805. The Morgan fingerprint density at radius 1 is 0.958 bits per heavy atom. The molecule has 0 aliphatic heterocycles. The molecule has 0 aliphatic carbocycles. The van der Waals surface area contributed by atoms with Gasteiger partial charge in [-0.15, -0.1) is 10.2 Å². The van der Waals surface area contributed by atoms with Crippen LogP contribution in [-0.4, -0.2) is 16.2 Å². The van der Waals surface area contributed by atoms with E-state index in [4.69, 9.17) is 11.6 Å². The molecule has 2 amide bonds. The highest BCUT2D eigenvalue weighted by Gasteiger charge is 2.08. The molecular weight excluding hydrogens is 344 g/mol. The van der Waals surface area contributed by atoms with E-state index in [1.807, 2.05) is 18.2 Å². The normalized spacial score (nSPS) is 10.4. The Morgan fingerprint density at radius 2 is 1.71 bits per heavy atom. The van der Waals surface area contributed by atoms with Crippen molar-refractivity contribution in [3.8, 4) is 0 Å². The predicted octanol–water partition coefficient (Wildman–Crippen LogP) is 4.62. The summed E-state index contributed by atoms with van der Waals surface area (Å²) < 4.78 is 0. The molecule has 0 bridgehead atoms. The van der Waals surface area contributed by atoms with Crippen molar-refractivity contribution in [2.75, 3.05) is 10.6 Å². The average molecular weight is 359 g/mol. The maximum Gasteiger partial charge on any atom is 0.325 e. The molecule has 0 radical (unpaired) electrons. The van der Waals surface area contributed by atoms with E-state index in [0.717, 1.165) is 17.8 Å². The van der Waals surface area contributed by atoms with Gasteiger partial charge in [0.25, 0.3) is 0 Å². The van der Waals surface area contributed by atoms with Crippen molar-refractivity contribution in [3.05, 3.63) is 70.2 Å². The molecule has 0 aliphatic rings. The highest BCUT2D eigenvalue weighted by Crippen LogP contribution is 2.18. The van der Waals surface area contributed by atoms with Crippen LogP contribution in [-0.2, 0) is 12.8 Å². The summed E-state index contributed by atoms with van der Waals surface area (Å²) in [5.74, 6) is 0. The Hall–Kier alpha value is -2.44. The maximum absolute atomic E-state index is 11.9. The van der Waals surface area contributed by atoms with Crippen LogP contribution in [0.5, 0.6) is 0 Å². The number of rotatable bonds is 5. The van der Waals surface area contributed by atoms with Crippen LogP contribution in [0.4, 0.5) is 15.6 Å². The molecular formula is C17H15ClN4OS. The molecule has 5 nitrogen and oxygen atoms in total. The van der Waals surface area contributed by atoms with E-state index in [2.05, 4.69) is 33.0 Å². The van der Waals surface area contributed by atoms with E-state index in [0.29, 0.717) is 15.8 Å². The van der Waals surface area contributed by atoms with E-state index in [9.17, 15) is 4.79 Å². The minimum absolute atomic E-state index is 0.358. The van der Waals surface area contributed by atoms with Crippen molar-refractivity contribution in [2.45, 2.75) is 12.8 Å². The lowest BCUT2D eigenvalue weighted by atomic mass is 10.1. The number of anilines is 2. The summed E-state index contributed by atoms with van der Waals surface area (Å²) in [4.78, 5) is 11.9. The Balaban J connectivity index is 1.51. The van der Waals surface area contributed by atoms with Gasteiger partial charge in [-0.2, -0.15) is 0 Å². The number of carbonyl (C=O) groups excluding carboxylic acids is 1. The zero-order valence-corrected chi connectivity index (χ0v) is 14.3. The molecule has 1 heterocycles. The van der Waals surface area contributed by atoms with Gasteiger partial charge in [0.1, 0.15) is 5.01 Å². The van der Waals surface area contributed by atoms with Crippen molar-refractivity contribution in [2.24, 2.45) is 0 Å². The zero-order valence-electron chi connectivity index (χ0n) is 12.7. The second-order valence-corrected chi connectivity index (χ2v) is 6.57. The summed E-state index contributed by atoms with van der Waals surface area (Å²) >= 11 is 7.19. The minimum Gasteiger partial charge on any atom is -0.308 e. The molecule has 0 saturated carbocycles. The SMILES string of the molecule is O=C(Nc1ccc(Cl)cc1)Nc1nnc(CCc2ccccc2)s1. The highest BCUT2D eigenvalue weighted by molar-refractivity contribution is 7.15. The fourth-order valence-corrected chi connectivity index (χ4v) is 2.95. The van der Waals surface area contributed by atoms with Crippen LogP contribution in [0.15, 0.2) is 54.6 Å². The molecule has 0 unspecified atom stereocenters. The number of carbonyl (C=O) groups is 1. The second-order valence-electron chi connectivity index (χ2n) is 5.07. The van der Waals surface area contributed by atoms with E-state index >= 15 is 0 Å². The van der Waals surface area contributed by atoms with E-state index in [-0.39, 0.29) is 6.03 Å². The predicted molar refractivity (Wildman–Crippen MR) is 97.9 cm³/mol. The fraction of sp³-hybridized carbons (Fsp3) is 0.118. The number of nitrogens with zero attached hydrogens (tertiary/aromatic N) is 2. The Kier molecular flexibility index (Phi) is 5.40. The first kappa shape index (κ1) is 16.4. The van der Waals surface area contributed by atoms with Gasteiger partial charge in [0.15, 0.2) is 0 Å². The van der Waals surface area contributed by atoms with Gasteiger partial charge in [-0.25, -0.2) is 4.79 Å². The number of benzene rings is 2. The molecule has 0 fully saturated rings. The molecule has 24 heavy (non-hydrogen) atoms. The number of halogens is 1. The van der Waals surface area contributed by atoms with Crippen molar-refractivity contribution in [1.29, 1.82) is 0 Å². The van der Waals surface area contributed by atoms with Crippen LogP contribution >= 0.6 is 22.9 Å². The third-order valence-electron chi connectivity index (χ3n) is 3.26. The molecule has 3 aromatic rings. The van der Waals surface area contributed by atoms with Gasteiger partial charge >= 0.3 is 6.03 Å². The molecule has 7 heteroatoms.